The standard InChI is InChI=1S/C29H52O2/c1-4-5-6-7-8-9-10-11-12-13-14-15-16-17-18-19-20-21-22-23-27-24-28(30)26(2)29(25-27)31-3/h24-25,30H,4-23H2,1-3H3. The number of phenolic OH excluding ortho intramolecular Hbond substituents is 1. The number of unbranched alkanes of at least 4 members (excludes halogenated alkanes) is 18. The number of rotatable bonds is 21. The maximum absolute atomic E-state index is 9.99. The fourth-order valence-electron chi connectivity index (χ4n) is 4.49. The third-order valence-electron chi connectivity index (χ3n) is 6.68. The second-order valence-corrected chi connectivity index (χ2v) is 9.56. The quantitative estimate of drug-likeness (QED) is 0.196. The molecule has 180 valence electrons. The third-order valence-corrected chi connectivity index (χ3v) is 6.68. The number of aromatic hydroxyl groups is 1. The largest absolute Gasteiger partial charge is 0.508 e. The second kappa shape index (κ2) is 19.5. The topological polar surface area (TPSA) is 29.5 Å². The summed E-state index contributed by atoms with van der Waals surface area (Å²) in [6, 6.07) is 3.97. The normalized spacial score (nSPS) is 11.2. The molecule has 0 unspecified atom stereocenters. The highest BCUT2D eigenvalue weighted by atomic mass is 16.5. The molecule has 2 heteroatoms. The highest BCUT2D eigenvalue weighted by Crippen LogP contribution is 2.29. The van der Waals surface area contributed by atoms with Crippen molar-refractivity contribution >= 4 is 0 Å². The first-order valence-corrected chi connectivity index (χ1v) is 13.6. The molecule has 0 aliphatic carbocycles. The Kier molecular flexibility index (Phi) is 17.5. The van der Waals surface area contributed by atoms with Crippen molar-refractivity contribution in [3.63, 3.8) is 0 Å². The van der Waals surface area contributed by atoms with Gasteiger partial charge in [-0.1, -0.05) is 122 Å². The van der Waals surface area contributed by atoms with Gasteiger partial charge < -0.3 is 9.84 Å². The molecule has 0 spiro atoms. The Morgan fingerprint density at radius 1 is 0.613 bits per heavy atom. The molecule has 1 N–H and O–H groups in total. The zero-order valence-electron chi connectivity index (χ0n) is 21.2. The van der Waals surface area contributed by atoms with Crippen molar-refractivity contribution in [2.75, 3.05) is 7.11 Å². The third kappa shape index (κ3) is 14.5. The summed E-state index contributed by atoms with van der Waals surface area (Å²) in [5, 5.41) is 9.99. The van der Waals surface area contributed by atoms with Gasteiger partial charge in [0.05, 0.1) is 7.11 Å². The Labute approximate surface area is 194 Å². The first-order valence-electron chi connectivity index (χ1n) is 13.6. The number of benzene rings is 1. The van der Waals surface area contributed by atoms with Crippen molar-refractivity contribution in [2.24, 2.45) is 0 Å². The first-order chi connectivity index (χ1) is 15.2. The van der Waals surface area contributed by atoms with Crippen LogP contribution in [0.1, 0.15) is 140 Å². The Morgan fingerprint density at radius 2 is 1.00 bits per heavy atom. The highest BCUT2D eigenvalue weighted by Gasteiger charge is 2.06. The number of ether oxygens (including phenoxy) is 1. The molecule has 31 heavy (non-hydrogen) atoms. The Balaban J connectivity index is 1.83. The van der Waals surface area contributed by atoms with E-state index in [9.17, 15) is 5.11 Å². The minimum Gasteiger partial charge on any atom is -0.508 e. The van der Waals surface area contributed by atoms with E-state index in [-0.39, 0.29) is 0 Å². The van der Waals surface area contributed by atoms with Crippen LogP contribution in [0, 0.1) is 6.92 Å². The van der Waals surface area contributed by atoms with Gasteiger partial charge in [0, 0.05) is 5.56 Å². The molecule has 0 atom stereocenters. The van der Waals surface area contributed by atoms with Crippen LogP contribution in [-0.2, 0) is 6.42 Å². The molecule has 0 aliphatic heterocycles. The average molecular weight is 433 g/mol. The van der Waals surface area contributed by atoms with E-state index >= 15 is 0 Å². The summed E-state index contributed by atoms with van der Waals surface area (Å²) >= 11 is 0. The van der Waals surface area contributed by atoms with Gasteiger partial charge in [0.15, 0.2) is 0 Å². The van der Waals surface area contributed by atoms with Crippen molar-refractivity contribution < 1.29 is 9.84 Å². The molecule has 1 aromatic carbocycles. The maximum Gasteiger partial charge on any atom is 0.125 e. The number of hydrogen-bond donors (Lipinski definition) is 1. The van der Waals surface area contributed by atoms with Crippen molar-refractivity contribution in [3.05, 3.63) is 23.3 Å². The lowest BCUT2D eigenvalue weighted by Crippen LogP contribution is -1.92. The fraction of sp³-hybridized carbons (Fsp3) is 0.793. The van der Waals surface area contributed by atoms with Gasteiger partial charge in [0.2, 0.25) is 0 Å². The van der Waals surface area contributed by atoms with Gasteiger partial charge in [0.25, 0.3) is 0 Å². The van der Waals surface area contributed by atoms with Crippen LogP contribution in [0.5, 0.6) is 11.5 Å². The molecule has 0 radical (unpaired) electrons. The summed E-state index contributed by atoms with van der Waals surface area (Å²) < 4.78 is 5.35. The van der Waals surface area contributed by atoms with Gasteiger partial charge >= 0.3 is 0 Å². The predicted octanol–water partition coefficient (Wildman–Crippen LogP) is 9.68. The van der Waals surface area contributed by atoms with Crippen LogP contribution in [0.15, 0.2) is 12.1 Å². The van der Waals surface area contributed by atoms with Gasteiger partial charge in [-0.3, -0.25) is 0 Å². The molecular weight excluding hydrogens is 380 g/mol. The van der Waals surface area contributed by atoms with E-state index in [2.05, 4.69) is 13.0 Å². The van der Waals surface area contributed by atoms with Crippen LogP contribution in [0.4, 0.5) is 0 Å². The van der Waals surface area contributed by atoms with Crippen LogP contribution in [0.3, 0.4) is 0 Å². The van der Waals surface area contributed by atoms with Crippen molar-refractivity contribution in [3.8, 4) is 11.5 Å². The monoisotopic (exact) mass is 432 g/mol. The number of methoxy groups -OCH3 is 1. The smallest absolute Gasteiger partial charge is 0.125 e. The van der Waals surface area contributed by atoms with Gasteiger partial charge in [-0.25, -0.2) is 0 Å². The number of hydrogen-bond acceptors (Lipinski definition) is 2. The zero-order valence-corrected chi connectivity index (χ0v) is 21.2. The second-order valence-electron chi connectivity index (χ2n) is 9.56. The van der Waals surface area contributed by atoms with Crippen molar-refractivity contribution in [2.45, 2.75) is 142 Å². The predicted molar refractivity (Wildman–Crippen MR) is 136 cm³/mol. The molecule has 2 nitrogen and oxygen atoms in total. The number of phenols is 1. The summed E-state index contributed by atoms with van der Waals surface area (Å²) in [6.07, 6.45) is 27.8. The summed E-state index contributed by atoms with van der Waals surface area (Å²) in [5.41, 5.74) is 2.02. The lowest BCUT2D eigenvalue weighted by molar-refractivity contribution is 0.402. The van der Waals surface area contributed by atoms with E-state index in [0.717, 1.165) is 17.7 Å². The first kappa shape index (κ1) is 27.9. The molecule has 1 rings (SSSR count). The molecule has 0 fully saturated rings. The van der Waals surface area contributed by atoms with Gasteiger partial charge in [-0.05, 0) is 37.5 Å². The Hall–Kier alpha value is -1.18. The Morgan fingerprint density at radius 3 is 1.39 bits per heavy atom. The van der Waals surface area contributed by atoms with Gasteiger partial charge in [-0.15, -0.1) is 0 Å². The minimum absolute atomic E-state index is 0.354. The molecule has 0 aromatic heterocycles. The van der Waals surface area contributed by atoms with Crippen molar-refractivity contribution in [1.82, 2.24) is 0 Å². The van der Waals surface area contributed by atoms with Crippen molar-refractivity contribution in [1.29, 1.82) is 0 Å². The van der Waals surface area contributed by atoms with Crippen LogP contribution in [-0.4, -0.2) is 12.2 Å². The zero-order chi connectivity index (χ0) is 22.6. The summed E-state index contributed by atoms with van der Waals surface area (Å²) in [6.45, 7) is 4.19. The van der Waals surface area contributed by atoms with E-state index in [0.29, 0.717) is 5.75 Å². The lowest BCUT2D eigenvalue weighted by Gasteiger charge is -2.10. The molecule has 0 amide bonds. The molecule has 0 aliphatic rings. The van der Waals surface area contributed by atoms with E-state index in [1.54, 1.807) is 7.11 Å². The summed E-state index contributed by atoms with van der Waals surface area (Å²) in [5.74, 6) is 1.15. The minimum atomic E-state index is 0.354. The molecule has 0 heterocycles. The molecule has 0 saturated heterocycles. The van der Waals surface area contributed by atoms with E-state index in [1.165, 1.54) is 128 Å². The Bertz CT molecular complexity index is 538. The van der Waals surface area contributed by atoms with Gasteiger partial charge in [0.1, 0.15) is 11.5 Å². The fourth-order valence-corrected chi connectivity index (χ4v) is 4.49. The van der Waals surface area contributed by atoms with Gasteiger partial charge in [-0.2, -0.15) is 0 Å². The SMILES string of the molecule is CCCCCCCCCCCCCCCCCCCCCc1cc(O)c(C)c(OC)c1. The van der Waals surface area contributed by atoms with Crippen LogP contribution in [0.2, 0.25) is 0 Å². The van der Waals surface area contributed by atoms with E-state index in [4.69, 9.17) is 4.74 Å². The average Bonchev–Trinajstić information content (AvgIpc) is 2.77. The van der Waals surface area contributed by atoms with E-state index < -0.39 is 0 Å². The number of aryl methyl sites for hydroxylation is 1. The lowest BCUT2D eigenvalue weighted by atomic mass is 10.0. The summed E-state index contributed by atoms with van der Waals surface area (Å²) in [4.78, 5) is 0. The van der Waals surface area contributed by atoms with Crippen LogP contribution in [0.25, 0.3) is 0 Å². The van der Waals surface area contributed by atoms with E-state index in [1.807, 2.05) is 13.0 Å². The van der Waals surface area contributed by atoms with Crippen LogP contribution < -0.4 is 4.74 Å². The summed E-state index contributed by atoms with van der Waals surface area (Å²) in [7, 11) is 1.67. The highest BCUT2D eigenvalue weighted by molar-refractivity contribution is 5.46. The maximum atomic E-state index is 9.99. The molecule has 1 aromatic rings. The van der Waals surface area contributed by atoms with Crippen LogP contribution >= 0.6 is 0 Å². The molecule has 0 bridgehead atoms. The molecule has 0 saturated carbocycles. The molecular formula is C29H52O2.